The standard InChI is InChI=1S/C26H28N2O/c1-28-17-15-26(16-18-28,24-13-6-3-7-14-24)25(29)27-20-21-9-8-12-23(19-21)22-10-4-2-5-11-22/h2-14,19H,15-18,20H2,1H3,(H,27,29). The van der Waals surface area contributed by atoms with E-state index in [1.54, 1.807) is 0 Å². The Morgan fingerprint density at radius 2 is 1.48 bits per heavy atom. The van der Waals surface area contributed by atoms with E-state index in [1.807, 2.05) is 36.4 Å². The first-order valence-electron chi connectivity index (χ1n) is 10.3. The summed E-state index contributed by atoms with van der Waals surface area (Å²) >= 11 is 0. The fourth-order valence-electron chi connectivity index (χ4n) is 4.25. The van der Waals surface area contributed by atoms with Gasteiger partial charge < -0.3 is 10.2 Å². The van der Waals surface area contributed by atoms with E-state index in [0.717, 1.165) is 37.1 Å². The lowest BCUT2D eigenvalue weighted by molar-refractivity contribution is -0.128. The number of carbonyl (C=O) groups is 1. The van der Waals surface area contributed by atoms with Gasteiger partial charge in [0.25, 0.3) is 0 Å². The molecule has 0 aromatic heterocycles. The van der Waals surface area contributed by atoms with Gasteiger partial charge in [-0.3, -0.25) is 4.79 Å². The van der Waals surface area contributed by atoms with Crippen LogP contribution in [0.15, 0.2) is 84.9 Å². The molecule has 3 aromatic rings. The van der Waals surface area contributed by atoms with Crippen LogP contribution in [0.3, 0.4) is 0 Å². The lowest BCUT2D eigenvalue weighted by atomic mass is 9.72. The quantitative estimate of drug-likeness (QED) is 0.695. The first-order valence-corrected chi connectivity index (χ1v) is 10.3. The second kappa shape index (κ2) is 8.62. The van der Waals surface area contributed by atoms with Crippen molar-refractivity contribution < 1.29 is 4.79 Å². The van der Waals surface area contributed by atoms with Crippen LogP contribution < -0.4 is 5.32 Å². The Morgan fingerprint density at radius 1 is 0.862 bits per heavy atom. The summed E-state index contributed by atoms with van der Waals surface area (Å²) in [5, 5.41) is 3.24. The fraction of sp³-hybridized carbons (Fsp3) is 0.269. The van der Waals surface area contributed by atoms with Gasteiger partial charge in [0.05, 0.1) is 5.41 Å². The Bertz CT molecular complexity index is 945. The number of hydrogen-bond donors (Lipinski definition) is 1. The number of rotatable bonds is 5. The minimum atomic E-state index is -0.440. The molecule has 3 nitrogen and oxygen atoms in total. The summed E-state index contributed by atoms with van der Waals surface area (Å²) in [6, 6.07) is 29.0. The van der Waals surface area contributed by atoms with Crippen LogP contribution in [0.1, 0.15) is 24.0 Å². The van der Waals surface area contributed by atoms with Gasteiger partial charge in [0, 0.05) is 6.54 Å². The van der Waals surface area contributed by atoms with Gasteiger partial charge in [-0.05, 0) is 61.3 Å². The van der Waals surface area contributed by atoms with Crippen molar-refractivity contribution in [1.29, 1.82) is 0 Å². The van der Waals surface area contributed by atoms with Crippen LogP contribution in [0, 0.1) is 0 Å². The predicted molar refractivity (Wildman–Crippen MR) is 119 cm³/mol. The van der Waals surface area contributed by atoms with Gasteiger partial charge in [-0.15, -0.1) is 0 Å². The zero-order valence-corrected chi connectivity index (χ0v) is 17.0. The molecular formula is C26H28N2O. The molecule has 1 aliphatic heterocycles. The van der Waals surface area contributed by atoms with E-state index in [0.29, 0.717) is 6.54 Å². The zero-order valence-electron chi connectivity index (χ0n) is 17.0. The summed E-state index contributed by atoms with van der Waals surface area (Å²) < 4.78 is 0. The number of piperidine rings is 1. The van der Waals surface area contributed by atoms with E-state index < -0.39 is 5.41 Å². The van der Waals surface area contributed by atoms with Crippen molar-refractivity contribution in [2.75, 3.05) is 20.1 Å². The molecule has 1 heterocycles. The molecule has 0 atom stereocenters. The Balaban J connectivity index is 1.52. The van der Waals surface area contributed by atoms with Crippen molar-refractivity contribution >= 4 is 5.91 Å². The van der Waals surface area contributed by atoms with Crippen molar-refractivity contribution in [1.82, 2.24) is 10.2 Å². The Morgan fingerprint density at radius 3 is 2.17 bits per heavy atom. The summed E-state index contributed by atoms with van der Waals surface area (Å²) in [6.07, 6.45) is 1.70. The van der Waals surface area contributed by atoms with E-state index in [-0.39, 0.29) is 5.91 Å². The molecule has 1 fully saturated rings. The highest BCUT2D eigenvalue weighted by atomic mass is 16.2. The SMILES string of the molecule is CN1CCC(C(=O)NCc2cccc(-c3ccccc3)c2)(c2ccccc2)CC1. The number of nitrogens with one attached hydrogen (secondary N) is 1. The van der Waals surface area contributed by atoms with Crippen LogP contribution in [0.4, 0.5) is 0 Å². The Kier molecular flexibility index (Phi) is 5.77. The van der Waals surface area contributed by atoms with Crippen molar-refractivity contribution in [3.05, 3.63) is 96.1 Å². The van der Waals surface area contributed by atoms with E-state index in [9.17, 15) is 4.79 Å². The van der Waals surface area contributed by atoms with E-state index in [4.69, 9.17) is 0 Å². The summed E-state index contributed by atoms with van der Waals surface area (Å²) in [5.41, 5.74) is 4.18. The average Bonchev–Trinajstić information content (AvgIpc) is 2.79. The molecule has 3 heteroatoms. The molecule has 4 rings (SSSR count). The molecule has 0 spiro atoms. The molecule has 1 aliphatic rings. The highest BCUT2D eigenvalue weighted by Crippen LogP contribution is 2.35. The molecule has 0 aliphatic carbocycles. The molecule has 0 radical (unpaired) electrons. The molecule has 1 saturated heterocycles. The van der Waals surface area contributed by atoms with Gasteiger partial charge in [0.1, 0.15) is 0 Å². The molecule has 0 saturated carbocycles. The summed E-state index contributed by atoms with van der Waals surface area (Å²) in [5.74, 6) is 0.141. The number of likely N-dealkylation sites (tertiary alicyclic amines) is 1. The second-order valence-corrected chi connectivity index (χ2v) is 8.00. The minimum absolute atomic E-state index is 0.141. The first kappa shape index (κ1) is 19.4. The minimum Gasteiger partial charge on any atom is -0.351 e. The van der Waals surface area contributed by atoms with Gasteiger partial charge in [-0.2, -0.15) is 0 Å². The largest absolute Gasteiger partial charge is 0.351 e. The monoisotopic (exact) mass is 384 g/mol. The fourth-order valence-corrected chi connectivity index (χ4v) is 4.25. The average molecular weight is 385 g/mol. The van der Waals surface area contributed by atoms with Crippen LogP contribution in [-0.4, -0.2) is 30.9 Å². The Labute approximate surface area is 173 Å². The van der Waals surface area contributed by atoms with Crippen molar-refractivity contribution in [2.24, 2.45) is 0 Å². The van der Waals surface area contributed by atoms with Crippen LogP contribution in [0.5, 0.6) is 0 Å². The predicted octanol–water partition coefficient (Wildman–Crippen LogP) is 4.63. The second-order valence-electron chi connectivity index (χ2n) is 8.00. The molecule has 148 valence electrons. The van der Waals surface area contributed by atoms with Gasteiger partial charge in [0.15, 0.2) is 0 Å². The topological polar surface area (TPSA) is 32.3 Å². The molecule has 1 N–H and O–H groups in total. The molecule has 0 bridgehead atoms. The summed E-state index contributed by atoms with van der Waals surface area (Å²) in [6.45, 7) is 2.42. The number of amides is 1. The zero-order chi connectivity index (χ0) is 20.1. The maximum absolute atomic E-state index is 13.4. The van der Waals surface area contributed by atoms with Crippen LogP contribution >= 0.6 is 0 Å². The number of nitrogens with zero attached hydrogens (tertiary/aromatic N) is 1. The molecule has 3 aromatic carbocycles. The smallest absolute Gasteiger partial charge is 0.231 e. The lowest BCUT2D eigenvalue weighted by Crippen LogP contribution is -2.50. The number of benzene rings is 3. The van der Waals surface area contributed by atoms with E-state index >= 15 is 0 Å². The van der Waals surface area contributed by atoms with Crippen LogP contribution in [0.25, 0.3) is 11.1 Å². The third-order valence-corrected chi connectivity index (χ3v) is 6.09. The molecule has 29 heavy (non-hydrogen) atoms. The van der Waals surface area contributed by atoms with Crippen LogP contribution in [0.2, 0.25) is 0 Å². The number of carbonyl (C=O) groups excluding carboxylic acids is 1. The molecule has 0 unspecified atom stereocenters. The van der Waals surface area contributed by atoms with Gasteiger partial charge >= 0.3 is 0 Å². The van der Waals surface area contributed by atoms with Crippen LogP contribution in [-0.2, 0) is 16.8 Å². The van der Waals surface area contributed by atoms with Crippen molar-refractivity contribution in [3.8, 4) is 11.1 Å². The summed E-state index contributed by atoms with van der Waals surface area (Å²) in [7, 11) is 2.13. The number of hydrogen-bond acceptors (Lipinski definition) is 2. The lowest BCUT2D eigenvalue weighted by Gasteiger charge is -2.39. The maximum atomic E-state index is 13.4. The molecular weight excluding hydrogens is 356 g/mol. The van der Waals surface area contributed by atoms with E-state index in [1.165, 1.54) is 11.1 Å². The third-order valence-electron chi connectivity index (χ3n) is 6.09. The third kappa shape index (κ3) is 4.25. The summed E-state index contributed by atoms with van der Waals surface area (Å²) in [4.78, 5) is 15.7. The van der Waals surface area contributed by atoms with Crippen molar-refractivity contribution in [2.45, 2.75) is 24.8 Å². The van der Waals surface area contributed by atoms with Gasteiger partial charge in [-0.1, -0.05) is 78.9 Å². The van der Waals surface area contributed by atoms with Gasteiger partial charge in [0.2, 0.25) is 5.91 Å². The first-order chi connectivity index (χ1) is 14.2. The Hall–Kier alpha value is -2.91. The highest BCUT2D eigenvalue weighted by molar-refractivity contribution is 5.88. The maximum Gasteiger partial charge on any atom is 0.231 e. The van der Waals surface area contributed by atoms with Crippen molar-refractivity contribution in [3.63, 3.8) is 0 Å². The van der Waals surface area contributed by atoms with Gasteiger partial charge in [-0.25, -0.2) is 0 Å². The molecule has 1 amide bonds. The normalized spacial score (nSPS) is 16.3. The highest BCUT2D eigenvalue weighted by Gasteiger charge is 2.42. The van der Waals surface area contributed by atoms with E-state index in [2.05, 4.69) is 65.8 Å².